The second kappa shape index (κ2) is 17.9. The fraction of sp³-hybridized carbons (Fsp3) is 0.136. The van der Waals surface area contributed by atoms with Crippen LogP contribution in [0.2, 0.25) is 0 Å². The highest BCUT2D eigenvalue weighted by molar-refractivity contribution is 8.32. The van der Waals surface area contributed by atoms with E-state index in [1.165, 1.54) is 37.2 Å². The molecule has 18 heteroatoms. The van der Waals surface area contributed by atoms with Crippen LogP contribution in [0.15, 0.2) is 168 Å². The molecular weight excluding hydrogens is 895 g/mol. The summed E-state index contributed by atoms with van der Waals surface area (Å²) in [5.41, 5.74) is -5.39. The molecule has 0 saturated heterocycles. The summed E-state index contributed by atoms with van der Waals surface area (Å²) in [5, 5.41) is 0. The first-order valence-electron chi connectivity index (χ1n) is 18.3. The minimum atomic E-state index is -5.85. The van der Waals surface area contributed by atoms with Gasteiger partial charge in [-0.05, 0) is 121 Å². The summed E-state index contributed by atoms with van der Waals surface area (Å²) in [6.45, 7) is 0. The third-order valence-electron chi connectivity index (χ3n) is 9.17. The van der Waals surface area contributed by atoms with Gasteiger partial charge in [-0.15, -0.1) is 0 Å². The Kier molecular flexibility index (Phi) is 13.3. The van der Waals surface area contributed by atoms with Crippen molar-refractivity contribution in [3.63, 3.8) is 0 Å². The summed E-state index contributed by atoms with van der Waals surface area (Å²) >= 11 is 0. The maximum absolute atomic E-state index is 13.2. The number of para-hydroxylation sites is 2. The molecule has 0 amide bonds. The molecule has 0 fully saturated rings. The standard InChI is InChI=1S/C44H40F6N2O6S4/c1-59(2,57-61(53,54)43(45,46)47)41-19-11-17-39(31-41)51(35-13-7-5-8-14-35)37-27-23-33(24-28-37)21-22-34-25-29-38(30-26-34)52(36-15-9-6-10-16-36)40-18-12-20-42(32-40)60(3,4)58-62(55,56)44(48,49)50/h5-32H,1-4H3/b22-21+. The molecule has 0 radical (unpaired) electrons. The van der Waals surface area contributed by atoms with Gasteiger partial charge in [0.15, 0.2) is 0 Å². The Labute approximate surface area is 360 Å². The summed E-state index contributed by atoms with van der Waals surface area (Å²) in [6, 6.07) is 46.7. The monoisotopic (exact) mass is 934 g/mol. The van der Waals surface area contributed by atoms with Crippen molar-refractivity contribution in [2.24, 2.45) is 0 Å². The number of anilines is 6. The summed E-state index contributed by atoms with van der Waals surface area (Å²) in [6.07, 6.45) is 9.15. The van der Waals surface area contributed by atoms with Gasteiger partial charge in [0.2, 0.25) is 0 Å². The van der Waals surface area contributed by atoms with Crippen molar-refractivity contribution in [1.29, 1.82) is 0 Å². The van der Waals surface area contributed by atoms with E-state index in [2.05, 4.69) is 0 Å². The molecule has 0 aliphatic carbocycles. The molecule has 6 aromatic rings. The van der Waals surface area contributed by atoms with Crippen molar-refractivity contribution in [2.75, 3.05) is 34.8 Å². The van der Waals surface area contributed by atoms with Crippen LogP contribution in [0.5, 0.6) is 0 Å². The van der Waals surface area contributed by atoms with Crippen LogP contribution in [0, 0.1) is 0 Å². The Morgan fingerprint density at radius 1 is 0.403 bits per heavy atom. The molecule has 0 aliphatic rings. The molecule has 0 unspecified atom stereocenters. The Morgan fingerprint density at radius 3 is 1.00 bits per heavy atom. The average molecular weight is 935 g/mol. The van der Waals surface area contributed by atoms with Gasteiger partial charge in [-0.3, -0.25) is 0 Å². The second-order valence-corrected chi connectivity index (χ2v) is 24.0. The van der Waals surface area contributed by atoms with Gasteiger partial charge in [0, 0.05) is 43.9 Å². The largest absolute Gasteiger partial charge is 0.523 e. The first-order valence-corrected chi connectivity index (χ1v) is 25.8. The zero-order valence-corrected chi connectivity index (χ0v) is 36.7. The topological polar surface area (TPSA) is 93.2 Å². The van der Waals surface area contributed by atoms with E-state index in [-0.39, 0.29) is 9.79 Å². The molecule has 0 heterocycles. The molecule has 0 N–H and O–H groups in total. The van der Waals surface area contributed by atoms with Crippen molar-refractivity contribution in [3.05, 3.63) is 169 Å². The number of rotatable bonds is 14. The number of alkyl halides is 6. The van der Waals surface area contributed by atoms with Crippen LogP contribution in [-0.2, 0) is 27.5 Å². The van der Waals surface area contributed by atoms with Crippen LogP contribution < -0.4 is 9.80 Å². The molecule has 0 atom stereocenters. The summed E-state index contributed by atoms with van der Waals surface area (Å²) in [7, 11) is -17.5. The Morgan fingerprint density at radius 2 is 0.694 bits per heavy atom. The minimum Gasteiger partial charge on any atom is -0.310 e. The van der Waals surface area contributed by atoms with Crippen LogP contribution in [0.1, 0.15) is 11.1 Å². The maximum atomic E-state index is 13.2. The maximum Gasteiger partial charge on any atom is 0.523 e. The highest BCUT2D eigenvalue weighted by atomic mass is 32.3. The van der Waals surface area contributed by atoms with Gasteiger partial charge < -0.3 is 9.80 Å². The summed E-state index contributed by atoms with van der Waals surface area (Å²) < 4.78 is 137. The quantitative estimate of drug-likeness (QED) is 0.0606. The van der Waals surface area contributed by atoms with Crippen molar-refractivity contribution < 1.29 is 50.4 Å². The van der Waals surface area contributed by atoms with Gasteiger partial charge in [0.05, 0.1) is 0 Å². The van der Waals surface area contributed by atoms with E-state index in [1.54, 1.807) is 36.4 Å². The first kappa shape index (κ1) is 46.3. The van der Waals surface area contributed by atoms with Crippen LogP contribution in [0.3, 0.4) is 0 Å². The average Bonchev–Trinajstić information content (AvgIpc) is 3.21. The normalized spacial score (nSPS) is 13.5. The third kappa shape index (κ3) is 10.7. The lowest BCUT2D eigenvalue weighted by Gasteiger charge is -2.32. The van der Waals surface area contributed by atoms with E-state index in [4.69, 9.17) is 7.26 Å². The number of hydrogen-bond donors (Lipinski definition) is 0. The van der Waals surface area contributed by atoms with Crippen LogP contribution in [0.25, 0.3) is 12.2 Å². The van der Waals surface area contributed by atoms with E-state index in [0.29, 0.717) is 11.4 Å². The van der Waals surface area contributed by atoms with E-state index >= 15 is 0 Å². The molecule has 0 saturated carbocycles. The molecule has 8 nitrogen and oxygen atoms in total. The van der Waals surface area contributed by atoms with Crippen LogP contribution >= 0.6 is 20.6 Å². The molecule has 0 spiro atoms. The molecule has 62 heavy (non-hydrogen) atoms. The van der Waals surface area contributed by atoms with Gasteiger partial charge in [-0.1, -0.05) is 106 Å². The van der Waals surface area contributed by atoms with Gasteiger partial charge in [-0.2, -0.15) is 43.2 Å². The van der Waals surface area contributed by atoms with Gasteiger partial charge >= 0.3 is 31.3 Å². The lowest BCUT2D eigenvalue weighted by molar-refractivity contribution is -0.0500. The predicted molar refractivity (Wildman–Crippen MR) is 239 cm³/mol. The van der Waals surface area contributed by atoms with Crippen molar-refractivity contribution in [1.82, 2.24) is 0 Å². The van der Waals surface area contributed by atoms with Crippen molar-refractivity contribution in [2.45, 2.75) is 20.8 Å². The molecule has 0 aliphatic heterocycles. The zero-order valence-electron chi connectivity index (χ0n) is 33.4. The van der Waals surface area contributed by atoms with Crippen molar-refractivity contribution in [3.8, 4) is 0 Å². The smallest absolute Gasteiger partial charge is 0.310 e. The first-order chi connectivity index (χ1) is 29.0. The second-order valence-electron chi connectivity index (χ2n) is 14.3. The van der Waals surface area contributed by atoms with Gasteiger partial charge in [-0.25, -0.2) is 7.26 Å². The number of hydrogen-bond acceptors (Lipinski definition) is 8. The van der Waals surface area contributed by atoms with Crippen LogP contribution in [0.4, 0.5) is 60.5 Å². The molecule has 6 rings (SSSR count). The number of halogens is 6. The van der Waals surface area contributed by atoms with Gasteiger partial charge in [0.1, 0.15) is 0 Å². The summed E-state index contributed by atoms with van der Waals surface area (Å²) in [5.74, 6) is 0. The third-order valence-corrected chi connectivity index (χ3v) is 17.2. The van der Waals surface area contributed by atoms with Crippen molar-refractivity contribution >= 4 is 87.1 Å². The van der Waals surface area contributed by atoms with E-state index in [9.17, 15) is 43.2 Å². The van der Waals surface area contributed by atoms with E-state index in [0.717, 1.165) is 33.9 Å². The zero-order chi connectivity index (χ0) is 45.1. The highest BCUT2D eigenvalue weighted by Crippen LogP contribution is 2.56. The lowest BCUT2D eigenvalue weighted by atomic mass is 10.1. The Hall–Kier alpha value is -5.24. The number of benzene rings is 6. The van der Waals surface area contributed by atoms with Crippen LogP contribution in [-0.4, -0.2) is 52.9 Å². The molecule has 0 bridgehead atoms. The summed E-state index contributed by atoms with van der Waals surface area (Å²) in [4.78, 5) is 4.34. The molecule has 6 aromatic carbocycles. The highest BCUT2D eigenvalue weighted by Gasteiger charge is 2.51. The molecular formula is C44H40F6N2O6S4. The lowest BCUT2D eigenvalue weighted by Crippen LogP contribution is -2.26. The number of nitrogens with zero attached hydrogens (tertiary/aromatic N) is 2. The fourth-order valence-corrected chi connectivity index (χ4v) is 12.6. The molecule has 0 aromatic heterocycles. The predicted octanol–water partition coefficient (Wildman–Crippen LogP) is 13.2. The van der Waals surface area contributed by atoms with E-state index < -0.39 is 51.9 Å². The molecule has 328 valence electrons. The fourth-order valence-electron chi connectivity index (χ4n) is 6.17. The Balaban J connectivity index is 1.25. The Bertz CT molecular complexity index is 2560. The van der Waals surface area contributed by atoms with E-state index in [1.807, 2.05) is 131 Å². The minimum absolute atomic E-state index is 0.284. The van der Waals surface area contributed by atoms with Gasteiger partial charge in [0.25, 0.3) is 0 Å². The SMILES string of the molecule is CS(C)(OS(=O)(=O)C(F)(F)F)c1cccc(N(c2ccccc2)c2ccc(/C=C/c3ccc(N(c4ccccc4)c4cccc(S(C)(C)OS(=O)(=O)C(F)(F)F)c4)cc3)cc2)c1.